The first-order valence-corrected chi connectivity index (χ1v) is 8.28. The van der Waals surface area contributed by atoms with Gasteiger partial charge in [-0.25, -0.2) is 4.98 Å². The van der Waals surface area contributed by atoms with Crippen molar-refractivity contribution in [2.75, 3.05) is 6.54 Å². The molecular formula is C16H17ClN2OS. The van der Waals surface area contributed by atoms with Crippen molar-refractivity contribution in [3.05, 3.63) is 51.1 Å². The lowest BCUT2D eigenvalue weighted by atomic mass is 10.1. The van der Waals surface area contributed by atoms with Crippen molar-refractivity contribution < 1.29 is 4.42 Å². The summed E-state index contributed by atoms with van der Waals surface area (Å²) >= 11 is 7.85. The lowest BCUT2D eigenvalue weighted by molar-refractivity contribution is 0.464. The summed E-state index contributed by atoms with van der Waals surface area (Å²) in [4.78, 5) is 4.60. The Balaban J connectivity index is 2.03. The molecule has 0 spiro atoms. The number of nitrogens with one attached hydrogen (secondary N) is 1. The Labute approximate surface area is 133 Å². The molecule has 0 amide bonds. The third-order valence-corrected chi connectivity index (χ3v) is 4.42. The molecule has 0 radical (unpaired) electrons. The van der Waals surface area contributed by atoms with E-state index in [0.29, 0.717) is 5.02 Å². The standard InChI is InChI=1S/C16H17ClN2OS/c1-3-7-18-15(13-9-21-10(2)19-13)14-8-11-5-4-6-12(17)16(11)20-14/h4-6,8-9,15,18H,3,7H2,1-2H3. The van der Waals surface area contributed by atoms with Crippen LogP contribution < -0.4 is 5.32 Å². The lowest BCUT2D eigenvalue weighted by Gasteiger charge is -2.13. The van der Waals surface area contributed by atoms with Gasteiger partial charge in [0.1, 0.15) is 11.8 Å². The second-order valence-corrected chi connectivity index (χ2v) is 6.45. The van der Waals surface area contributed by atoms with Gasteiger partial charge in [-0.3, -0.25) is 0 Å². The van der Waals surface area contributed by atoms with Crippen LogP contribution in [0.15, 0.2) is 34.1 Å². The van der Waals surface area contributed by atoms with Gasteiger partial charge in [0.25, 0.3) is 0 Å². The molecule has 110 valence electrons. The van der Waals surface area contributed by atoms with Crippen LogP contribution in [0.5, 0.6) is 0 Å². The maximum absolute atomic E-state index is 6.20. The minimum Gasteiger partial charge on any atom is -0.457 e. The highest BCUT2D eigenvalue weighted by atomic mass is 35.5. The zero-order valence-corrected chi connectivity index (χ0v) is 13.6. The van der Waals surface area contributed by atoms with Crippen molar-refractivity contribution >= 4 is 33.9 Å². The molecule has 3 rings (SSSR count). The summed E-state index contributed by atoms with van der Waals surface area (Å²) in [5, 5.41) is 8.30. The summed E-state index contributed by atoms with van der Waals surface area (Å²) in [5.41, 5.74) is 1.74. The van der Waals surface area contributed by atoms with E-state index in [2.05, 4.69) is 22.6 Å². The summed E-state index contributed by atoms with van der Waals surface area (Å²) in [5.74, 6) is 0.858. The summed E-state index contributed by atoms with van der Waals surface area (Å²) in [6.07, 6.45) is 1.06. The van der Waals surface area contributed by atoms with Gasteiger partial charge in [0.2, 0.25) is 0 Å². The van der Waals surface area contributed by atoms with E-state index in [4.69, 9.17) is 16.0 Å². The molecule has 0 fully saturated rings. The number of thiazole rings is 1. The number of aromatic nitrogens is 1. The van der Waals surface area contributed by atoms with E-state index in [-0.39, 0.29) is 6.04 Å². The first-order valence-electron chi connectivity index (χ1n) is 7.02. The van der Waals surface area contributed by atoms with Crippen LogP contribution in [0.2, 0.25) is 5.02 Å². The predicted molar refractivity (Wildman–Crippen MR) is 88.2 cm³/mol. The number of hydrogen-bond acceptors (Lipinski definition) is 4. The Morgan fingerprint density at radius 3 is 2.95 bits per heavy atom. The van der Waals surface area contributed by atoms with Gasteiger partial charge in [0.15, 0.2) is 5.58 Å². The van der Waals surface area contributed by atoms with Gasteiger partial charge in [-0.2, -0.15) is 0 Å². The van der Waals surface area contributed by atoms with Crippen LogP contribution in [0.3, 0.4) is 0 Å². The first kappa shape index (κ1) is 14.6. The molecule has 2 heterocycles. The van der Waals surface area contributed by atoms with Gasteiger partial charge >= 0.3 is 0 Å². The lowest BCUT2D eigenvalue weighted by Crippen LogP contribution is -2.23. The molecule has 1 aromatic carbocycles. The van der Waals surface area contributed by atoms with Crippen LogP contribution in [-0.4, -0.2) is 11.5 Å². The summed E-state index contributed by atoms with van der Waals surface area (Å²) in [7, 11) is 0. The van der Waals surface area contributed by atoms with Gasteiger partial charge in [0, 0.05) is 10.8 Å². The number of hydrogen-bond donors (Lipinski definition) is 1. The molecule has 0 aliphatic carbocycles. The zero-order chi connectivity index (χ0) is 14.8. The third-order valence-electron chi connectivity index (χ3n) is 3.33. The minimum absolute atomic E-state index is 0.0293. The van der Waals surface area contributed by atoms with Crippen molar-refractivity contribution in [1.29, 1.82) is 0 Å². The molecule has 1 unspecified atom stereocenters. The number of para-hydroxylation sites is 1. The maximum atomic E-state index is 6.20. The third kappa shape index (κ3) is 2.98. The van der Waals surface area contributed by atoms with Gasteiger partial charge in [-0.1, -0.05) is 30.7 Å². The Hall–Kier alpha value is -1.36. The quantitative estimate of drug-likeness (QED) is 0.723. The van der Waals surface area contributed by atoms with Crippen LogP contribution >= 0.6 is 22.9 Å². The molecule has 0 bridgehead atoms. The molecule has 1 N–H and O–H groups in total. The number of benzene rings is 1. The first-order chi connectivity index (χ1) is 10.2. The predicted octanol–water partition coefficient (Wildman–Crippen LogP) is 4.94. The van der Waals surface area contributed by atoms with Crippen molar-refractivity contribution in [2.24, 2.45) is 0 Å². The highest BCUT2D eigenvalue weighted by Crippen LogP contribution is 2.32. The smallest absolute Gasteiger partial charge is 0.152 e. The van der Waals surface area contributed by atoms with E-state index >= 15 is 0 Å². The molecule has 2 aromatic heterocycles. The molecule has 0 saturated heterocycles. The average Bonchev–Trinajstić information content (AvgIpc) is 3.07. The molecule has 5 heteroatoms. The number of aryl methyl sites for hydroxylation is 1. The largest absolute Gasteiger partial charge is 0.457 e. The van der Waals surface area contributed by atoms with E-state index in [9.17, 15) is 0 Å². The molecule has 0 aliphatic heterocycles. The number of fused-ring (bicyclic) bond motifs is 1. The van der Waals surface area contributed by atoms with E-state index in [1.807, 2.05) is 31.2 Å². The van der Waals surface area contributed by atoms with Gasteiger partial charge in [-0.15, -0.1) is 11.3 Å². The SMILES string of the molecule is CCCNC(c1csc(C)n1)c1cc2cccc(Cl)c2o1. The number of nitrogens with zero attached hydrogens (tertiary/aromatic N) is 1. The molecule has 21 heavy (non-hydrogen) atoms. The van der Waals surface area contributed by atoms with Crippen LogP contribution in [0.25, 0.3) is 11.0 Å². The molecule has 3 aromatic rings. The molecule has 0 saturated carbocycles. The Kier molecular flexibility index (Phi) is 4.29. The highest BCUT2D eigenvalue weighted by molar-refractivity contribution is 7.09. The molecule has 3 nitrogen and oxygen atoms in total. The maximum Gasteiger partial charge on any atom is 0.152 e. The van der Waals surface area contributed by atoms with E-state index in [0.717, 1.165) is 40.4 Å². The second kappa shape index (κ2) is 6.18. The van der Waals surface area contributed by atoms with Gasteiger partial charge in [-0.05, 0) is 32.0 Å². The highest BCUT2D eigenvalue weighted by Gasteiger charge is 2.21. The fourth-order valence-electron chi connectivity index (χ4n) is 2.34. The minimum atomic E-state index is -0.0293. The summed E-state index contributed by atoms with van der Waals surface area (Å²) in [6.45, 7) is 5.07. The number of rotatable bonds is 5. The second-order valence-electron chi connectivity index (χ2n) is 4.99. The molecule has 1 atom stereocenters. The Morgan fingerprint density at radius 1 is 1.43 bits per heavy atom. The summed E-state index contributed by atoms with van der Waals surface area (Å²) < 4.78 is 5.99. The van der Waals surface area contributed by atoms with Crippen molar-refractivity contribution in [2.45, 2.75) is 26.3 Å². The van der Waals surface area contributed by atoms with Crippen molar-refractivity contribution in [3.8, 4) is 0 Å². The van der Waals surface area contributed by atoms with E-state index in [1.54, 1.807) is 11.3 Å². The normalized spacial score (nSPS) is 12.9. The molecular weight excluding hydrogens is 304 g/mol. The monoisotopic (exact) mass is 320 g/mol. The number of furan rings is 1. The molecule has 0 aliphatic rings. The Bertz CT molecular complexity index is 750. The van der Waals surface area contributed by atoms with Gasteiger partial charge in [0.05, 0.1) is 15.7 Å². The van der Waals surface area contributed by atoms with Crippen molar-refractivity contribution in [1.82, 2.24) is 10.3 Å². The van der Waals surface area contributed by atoms with E-state index in [1.165, 1.54) is 0 Å². The fourth-order valence-corrected chi connectivity index (χ4v) is 3.20. The van der Waals surface area contributed by atoms with Gasteiger partial charge < -0.3 is 9.73 Å². The van der Waals surface area contributed by atoms with Crippen LogP contribution in [-0.2, 0) is 0 Å². The van der Waals surface area contributed by atoms with Crippen molar-refractivity contribution in [3.63, 3.8) is 0 Å². The number of halogens is 1. The van der Waals surface area contributed by atoms with Crippen LogP contribution in [0.4, 0.5) is 0 Å². The zero-order valence-electron chi connectivity index (χ0n) is 12.0. The Morgan fingerprint density at radius 2 is 2.29 bits per heavy atom. The summed E-state index contributed by atoms with van der Waals surface area (Å²) in [6, 6.07) is 7.81. The fraction of sp³-hybridized carbons (Fsp3) is 0.312. The average molecular weight is 321 g/mol. The van der Waals surface area contributed by atoms with Crippen LogP contribution in [0, 0.1) is 6.92 Å². The van der Waals surface area contributed by atoms with Crippen LogP contribution in [0.1, 0.15) is 35.8 Å². The van der Waals surface area contributed by atoms with E-state index < -0.39 is 0 Å². The topological polar surface area (TPSA) is 38.1 Å².